The highest BCUT2D eigenvalue weighted by atomic mass is 32.1. The molecule has 0 saturated carbocycles. The molecule has 0 radical (unpaired) electrons. The van der Waals surface area contributed by atoms with Gasteiger partial charge in [-0.15, -0.1) is 0 Å². The van der Waals surface area contributed by atoms with E-state index in [1.807, 2.05) is 0 Å². The highest BCUT2D eigenvalue weighted by molar-refractivity contribution is 7.07. The van der Waals surface area contributed by atoms with Crippen LogP contribution >= 0.6 is 11.3 Å². The predicted octanol–water partition coefficient (Wildman–Crippen LogP) is 2.35. The van der Waals surface area contributed by atoms with E-state index in [0.717, 1.165) is 0 Å². The Bertz CT molecular complexity index is 1550. The zero-order chi connectivity index (χ0) is 26.0. The molecule has 0 saturated heterocycles. The highest BCUT2D eigenvalue weighted by Gasteiger charge is 2.33. The van der Waals surface area contributed by atoms with Crippen molar-refractivity contribution in [2.24, 2.45) is 4.99 Å². The first kappa shape index (κ1) is 24.9. The molecule has 1 aliphatic heterocycles. The van der Waals surface area contributed by atoms with Crippen LogP contribution in [0, 0.1) is 0 Å². The number of hydrogen-bond donors (Lipinski definition) is 0. The third-order valence-electron chi connectivity index (χ3n) is 5.60. The Hall–Kier alpha value is -4.18. The second kappa shape index (κ2) is 10.2. The number of methoxy groups -OCH3 is 3. The summed E-state index contributed by atoms with van der Waals surface area (Å²) in [5.74, 6) is 0.257. The number of fused-ring (bicyclic) bond motifs is 1. The van der Waals surface area contributed by atoms with E-state index in [1.165, 1.54) is 37.0 Å². The molecular weight excluding hydrogens is 484 g/mol. The Morgan fingerprint density at radius 3 is 2.36 bits per heavy atom. The van der Waals surface area contributed by atoms with E-state index < -0.39 is 18.0 Å². The second-order valence-corrected chi connectivity index (χ2v) is 8.86. The van der Waals surface area contributed by atoms with Gasteiger partial charge in [0.05, 0.1) is 43.2 Å². The maximum Gasteiger partial charge on any atom is 0.338 e. The summed E-state index contributed by atoms with van der Waals surface area (Å²) in [5.41, 5.74) is 1.83. The number of benzene rings is 2. The van der Waals surface area contributed by atoms with Gasteiger partial charge in [-0.25, -0.2) is 9.79 Å². The number of ether oxygens (including phenoxy) is 4. The van der Waals surface area contributed by atoms with Crippen LogP contribution in [-0.4, -0.2) is 37.8 Å². The molecule has 2 aromatic carbocycles. The number of nitrogens with zero attached hydrogens (tertiary/aromatic N) is 2. The van der Waals surface area contributed by atoms with Gasteiger partial charge in [0.25, 0.3) is 5.56 Å². The Kier molecular flexibility index (Phi) is 7.07. The summed E-state index contributed by atoms with van der Waals surface area (Å²) in [6.45, 7) is 3.02. The topological polar surface area (TPSA) is 105 Å². The first-order valence-corrected chi connectivity index (χ1v) is 11.7. The average Bonchev–Trinajstić information content (AvgIpc) is 3.17. The molecule has 10 heteroatoms. The second-order valence-electron chi connectivity index (χ2n) is 7.85. The average molecular weight is 509 g/mol. The highest BCUT2D eigenvalue weighted by Crippen LogP contribution is 2.32. The van der Waals surface area contributed by atoms with Crippen molar-refractivity contribution in [2.75, 3.05) is 21.3 Å². The molecule has 0 spiro atoms. The SMILES string of the molecule is COC(=O)C1=C(C)N=c2s/c(=C/c3ccc(OC(C)=O)c(OC)c3)c(=O)n2C1c1ccc(OC)cc1. The van der Waals surface area contributed by atoms with E-state index in [-0.39, 0.29) is 16.9 Å². The lowest BCUT2D eigenvalue weighted by Crippen LogP contribution is -2.39. The molecule has 0 amide bonds. The molecule has 0 aliphatic carbocycles. The molecule has 0 N–H and O–H groups in total. The van der Waals surface area contributed by atoms with E-state index in [4.69, 9.17) is 18.9 Å². The molecule has 36 heavy (non-hydrogen) atoms. The van der Waals surface area contributed by atoms with Crippen molar-refractivity contribution in [3.63, 3.8) is 0 Å². The van der Waals surface area contributed by atoms with Gasteiger partial charge in [-0.05, 0) is 48.4 Å². The largest absolute Gasteiger partial charge is 0.497 e. The summed E-state index contributed by atoms with van der Waals surface area (Å²) in [5, 5.41) is 0. The predicted molar refractivity (Wildman–Crippen MR) is 133 cm³/mol. The number of carbonyl (C=O) groups excluding carboxylic acids is 2. The maximum atomic E-state index is 13.6. The minimum atomic E-state index is -0.720. The van der Waals surface area contributed by atoms with Gasteiger partial charge in [-0.3, -0.25) is 14.2 Å². The number of esters is 2. The summed E-state index contributed by atoms with van der Waals surface area (Å²) >= 11 is 1.21. The van der Waals surface area contributed by atoms with E-state index in [9.17, 15) is 14.4 Å². The van der Waals surface area contributed by atoms with Gasteiger partial charge in [0.1, 0.15) is 5.75 Å². The Balaban J connectivity index is 1.89. The summed E-state index contributed by atoms with van der Waals surface area (Å²) in [6, 6.07) is 11.4. The first-order valence-electron chi connectivity index (χ1n) is 10.9. The van der Waals surface area contributed by atoms with E-state index in [2.05, 4.69) is 4.99 Å². The lowest BCUT2D eigenvalue weighted by Gasteiger charge is -2.24. The number of hydrogen-bond acceptors (Lipinski definition) is 9. The van der Waals surface area contributed by atoms with Crippen molar-refractivity contribution in [1.29, 1.82) is 0 Å². The van der Waals surface area contributed by atoms with E-state index in [1.54, 1.807) is 62.6 Å². The minimum absolute atomic E-state index is 0.279. The van der Waals surface area contributed by atoms with Crippen LogP contribution < -0.4 is 29.1 Å². The van der Waals surface area contributed by atoms with Crippen molar-refractivity contribution in [3.05, 3.63) is 84.5 Å². The number of thiazole rings is 1. The van der Waals surface area contributed by atoms with Gasteiger partial charge in [0, 0.05) is 6.92 Å². The maximum absolute atomic E-state index is 13.6. The van der Waals surface area contributed by atoms with Crippen molar-refractivity contribution in [1.82, 2.24) is 4.57 Å². The quantitative estimate of drug-likeness (QED) is 0.372. The fourth-order valence-electron chi connectivity index (χ4n) is 3.96. The van der Waals surface area contributed by atoms with E-state index >= 15 is 0 Å². The van der Waals surface area contributed by atoms with Gasteiger partial charge in [0.15, 0.2) is 16.3 Å². The number of rotatable bonds is 6. The third-order valence-corrected chi connectivity index (χ3v) is 6.58. The number of allylic oxidation sites excluding steroid dienone is 1. The molecule has 186 valence electrons. The van der Waals surface area contributed by atoms with Gasteiger partial charge in [-0.2, -0.15) is 0 Å². The number of aromatic nitrogens is 1. The molecular formula is C26H24N2O7S. The molecule has 1 aromatic heterocycles. The molecule has 9 nitrogen and oxygen atoms in total. The zero-order valence-electron chi connectivity index (χ0n) is 20.4. The Morgan fingerprint density at radius 1 is 1.03 bits per heavy atom. The molecule has 4 rings (SSSR count). The van der Waals surface area contributed by atoms with Gasteiger partial charge in [0.2, 0.25) is 0 Å². The van der Waals surface area contributed by atoms with Gasteiger partial charge in [-0.1, -0.05) is 29.5 Å². The molecule has 1 aliphatic rings. The normalized spacial score (nSPS) is 15.1. The van der Waals surface area contributed by atoms with Gasteiger partial charge < -0.3 is 18.9 Å². The van der Waals surface area contributed by atoms with Crippen molar-refractivity contribution in [2.45, 2.75) is 19.9 Å². The first-order chi connectivity index (χ1) is 17.3. The van der Waals surface area contributed by atoms with Crippen LogP contribution in [0.1, 0.15) is 31.0 Å². The van der Waals surface area contributed by atoms with Crippen LogP contribution in [0.3, 0.4) is 0 Å². The lowest BCUT2D eigenvalue weighted by molar-refractivity contribution is -0.136. The van der Waals surface area contributed by atoms with Crippen molar-refractivity contribution >= 4 is 29.4 Å². The lowest BCUT2D eigenvalue weighted by atomic mass is 9.96. The summed E-state index contributed by atoms with van der Waals surface area (Å²) < 4.78 is 22.7. The van der Waals surface area contributed by atoms with E-state index in [0.29, 0.717) is 37.7 Å². The Labute approximate surface area is 210 Å². The minimum Gasteiger partial charge on any atom is -0.497 e. The molecule has 2 heterocycles. The summed E-state index contributed by atoms with van der Waals surface area (Å²) in [4.78, 5) is 42.7. The summed E-state index contributed by atoms with van der Waals surface area (Å²) in [6.07, 6.45) is 1.70. The molecule has 3 aromatic rings. The van der Waals surface area contributed by atoms with Crippen LogP contribution in [0.4, 0.5) is 0 Å². The van der Waals surface area contributed by atoms with Gasteiger partial charge >= 0.3 is 11.9 Å². The Morgan fingerprint density at radius 2 is 1.75 bits per heavy atom. The number of carbonyl (C=O) groups is 2. The van der Waals surface area contributed by atoms with Crippen LogP contribution in [0.2, 0.25) is 0 Å². The third kappa shape index (κ3) is 4.67. The van der Waals surface area contributed by atoms with Crippen molar-refractivity contribution in [3.8, 4) is 17.2 Å². The zero-order valence-corrected chi connectivity index (χ0v) is 21.2. The van der Waals surface area contributed by atoms with Crippen LogP contribution in [-0.2, 0) is 14.3 Å². The van der Waals surface area contributed by atoms with Crippen LogP contribution in [0.25, 0.3) is 6.08 Å². The smallest absolute Gasteiger partial charge is 0.338 e. The molecule has 0 fully saturated rings. The monoisotopic (exact) mass is 508 g/mol. The molecule has 1 unspecified atom stereocenters. The van der Waals surface area contributed by atoms with Crippen molar-refractivity contribution < 1.29 is 28.5 Å². The standard InChI is InChI=1S/C26H24N2O7S/c1-14-22(25(31)34-5)23(17-7-9-18(32-3)10-8-17)28-24(30)21(36-26(28)27-14)13-16-6-11-19(35-15(2)29)20(12-16)33-4/h6-13,23H,1-5H3/b21-13+. The molecule has 1 atom stereocenters. The fraction of sp³-hybridized carbons (Fsp3) is 0.231. The van der Waals surface area contributed by atoms with Crippen LogP contribution in [0.5, 0.6) is 17.2 Å². The summed E-state index contributed by atoms with van der Waals surface area (Å²) in [7, 11) is 4.33. The van der Waals surface area contributed by atoms with Crippen LogP contribution in [0.15, 0.2) is 63.5 Å². The molecule has 0 bridgehead atoms. The fourth-order valence-corrected chi connectivity index (χ4v) is 5.01.